The van der Waals surface area contributed by atoms with E-state index < -0.39 is 0 Å². The van der Waals surface area contributed by atoms with E-state index in [-0.39, 0.29) is 0 Å². The van der Waals surface area contributed by atoms with Crippen molar-refractivity contribution in [3.63, 3.8) is 0 Å². The molecule has 0 atom stereocenters. The maximum absolute atomic E-state index is 6.17. The number of hydrogen-bond acceptors (Lipinski definition) is 1. The summed E-state index contributed by atoms with van der Waals surface area (Å²) in [4.78, 5) is 0. The highest BCUT2D eigenvalue weighted by Gasteiger charge is 2.18. The van der Waals surface area contributed by atoms with Crippen molar-refractivity contribution >= 4 is 65.6 Å². The summed E-state index contributed by atoms with van der Waals surface area (Å²) in [7, 11) is 0. The molecule has 9 aromatic carbocycles. The van der Waals surface area contributed by atoms with Crippen LogP contribution in [0.4, 0.5) is 0 Å². The second-order valence-corrected chi connectivity index (χ2v) is 14.9. The summed E-state index contributed by atoms with van der Waals surface area (Å²) in [6.45, 7) is 0. The van der Waals surface area contributed by atoms with Crippen molar-refractivity contribution in [3.05, 3.63) is 206 Å². The first-order chi connectivity index (χ1) is 28.2. The Balaban J connectivity index is 1.03. The number of benzene rings is 9. The number of furan rings is 1. The van der Waals surface area contributed by atoms with Gasteiger partial charge in [-0.3, -0.25) is 0 Å². The number of fused-ring (bicyclic) bond motifs is 9. The van der Waals surface area contributed by atoms with E-state index in [2.05, 4.69) is 203 Å². The predicted octanol–water partition coefficient (Wildman–Crippen LogP) is 14.8. The van der Waals surface area contributed by atoms with E-state index in [9.17, 15) is 0 Å². The van der Waals surface area contributed by atoms with E-state index in [0.29, 0.717) is 0 Å². The lowest BCUT2D eigenvalue weighted by Gasteiger charge is -2.11. The van der Waals surface area contributed by atoms with E-state index in [1.54, 1.807) is 0 Å². The zero-order chi connectivity index (χ0) is 37.5. The van der Waals surface area contributed by atoms with Gasteiger partial charge in [-0.2, -0.15) is 0 Å². The molecule has 0 amide bonds. The molecule has 0 radical (unpaired) electrons. The van der Waals surface area contributed by atoms with Gasteiger partial charge in [-0.15, -0.1) is 0 Å². The van der Waals surface area contributed by atoms with Gasteiger partial charge in [0.15, 0.2) is 0 Å². The molecule has 266 valence electrons. The molecular formula is C54H34N2O. The number of rotatable bonds is 5. The van der Waals surface area contributed by atoms with Crippen LogP contribution < -0.4 is 0 Å². The first kappa shape index (κ1) is 31.7. The topological polar surface area (TPSA) is 23.0 Å². The fourth-order valence-electron chi connectivity index (χ4n) is 9.03. The molecule has 3 heteroatoms. The first-order valence-corrected chi connectivity index (χ1v) is 19.5. The lowest BCUT2D eigenvalue weighted by molar-refractivity contribution is 0.669. The highest BCUT2D eigenvalue weighted by Crippen LogP contribution is 2.40. The van der Waals surface area contributed by atoms with Crippen molar-refractivity contribution in [2.75, 3.05) is 0 Å². The maximum atomic E-state index is 6.17. The third kappa shape index (κ3) is 4.99. The Hall–Kier alpha value is -7.62. The number of aromatic nitrogens is 2. The van der Waals surface area contributed by atoms with E-state index >= 15 is 0 Å². The fraction of sp³-hybridized carbons (Fsp3) is 0. The van der Waals surface area contributed by atoms with Crippen LogP contribution in [0.25, 0.3) is 110 Å². The molecule has 3 nitrogen and oxygen atoms in total. The van der Waals surface area contributed by atoms with Crippen molar-refractivity contribution in [1.29, 1.82) is 0 Å². The van der Waals surface area contributed by atoms with Crippen LogP contribution >= 0.6 is 0 Å². The highest BCUT2D eigenvalue weighted by molar-refractivity contribution is 6.14. The van der Waals surface area contributed by atoms with Crippen molar-refractivity contribution < 1.29 is 4.42 Å². The second-order valence-electron chi connectivity index (χ2n) is 14.9. The van der Waals surface area contributed by atoms with Gasteiger partial charge in [0, 0.05) is 43.7 Å². The Morgan fingerprint density at radius 3 is 1.37 bits per heavy atom. The SMILES string of the molecule is c1ccc(-c2cccc(-n3c4ccccc4c4cc(-c5ccc6c(c5)c5cc(-c7ccc8oc9ccccc9c8c7)ccc5n6-c5ccccc5)ccc43)c2)cc1. The molecule has 0 aliphatic carbocycles. The summed E-state index contributed by atoms with van der Waals surface area (Å²) in [5, 5.41) is 7.21. The highest BCUT2D eigenvalue weighted by atomic mass is 16.3. The van der Waals surface area contributed by atoms with Crippen LogP contribution in [0.1, 0.15) is 0 Å². The van der Waals surface area contributed by atoms with Crippen molar-refractivity contribution in [1.82, 2.24) is 9.13 Å². The van der Waals surface area contributed by atoms with Gasteiger partial charge in [0.2, 0.25) is 0 Å². The Morgan fingerprint density at radius 1 is 0.246 bits per heavy atom. The summed E-state index contributed by atoms with van der Waals surface area (Å²) < 4.78 is 11.0. The third-order valence-electron chi connectivity index (χ3n) is 11.7. The zero-order valence-corrected chi connectivity index (χ0v) is 30.9. The molecule has 0 fully saturated rings. The molecule has 12 rings (SSSR count). The minimum atomic E-state index is 0.909. The largest absolute Gasteiger partial charge is 0.456 e. The number of nitrogens with zero attached hydrogens (tertiary/aromatic N) is 2. The van der Waals surface area contributed by atoms with Crippen LogP contribution in [0.15, 0.2) is 211 Å². The van der Waals surface area contributed by atoms with Crippen LogP contribution in [0.3, 0.4) is 0 Å². The van der Waals surface area contributed by atoms with Crippen LogP contribution in [0, 0.1) is 0 Å². The Bertz CT molecular complexity index is 3510. The van der Waals surface area contributed by atoms with Gasteiger partial charge >= 0.3 is 0 Å². The second kappa shape index (κ2) is 12.5. The van der Waals surface area contributed by atoms with Crippen LogP contribution in [-0.4, -0.2) is 9.13 Å². The first-order valence-electron chi connectivity index (χ1n) is 19.5. The van der Waals surface area contributed by atoms with Crippen molar-refractivity contribution in [3.8, 4) is 44.8 Å². The van der Waals surface area contributed by atoms with E-state index in [1.165, 1.54) is 77.0 Å². The maximum Gasteiger partial charge on any atom is 0.135 e. The summed E-state index contributed by atoms with van der Waals surface area (Å²) in [6, 6.07) is 74.6. The van der Waals surface area contributed by atoms with E-state index in [4.69, 9.17) is 4.42 Å². The average Bonchev–Trinajstić information content (AvgIpc) is 3.93. The smallest absolute Gasteiger partial charge is 0.135 e. The standard InChI is InChI=1S/C54H34N2O/c1-3-12-35(13-4-1)36-14-11-17-42(30-36)56-49-20-9-7-18-43(49)45-31-37(22-26-50(45)56)38-23-27-51-46(32-38)47-33-39(24-28-52(47)55(51)41-15-5-2-6-16-41)40-25-29-54-48(34-40)44-19-8-10-21-53(44)57-54/h1-34H. The normalized spacial score (nSPS) is 11.9. The fourth-order valence-corrected chi connectivity index (χ4v) is 9.03. The minimum Gasteiger partial charge on any atom is -0.456 e. The monoisotopic (exact) mass is 726 g/mol. The summed E-state index contributed by atoms with van der Waals surface area (Å²) >= 11 is 0. The predicted molar refractivity (Wildman–Crippen MR) is 239 cm³/mol. The van der Waals surface area contributed by atoms with Gasteiger partial charge in [0.1, 0.15) is 11.2 Å². The molecule has 0 N–H and O–H groups in total. The molecule has 3 aromatic heterocycles. The molecule has 57 heavy (non-hydrogen) atoms. The minimum absolute atomic E-state index is 0.909. The molecule has 0 aliphatic heterocycles. The molecule has 0 saturated carbocycles. The van der Waals surface area contributed by atoms with Crippen LogP contribution in [0.5, 0.6) is 0 Å². The Morgan fingerprint density at radius 2 is 0.684 bits per heavy atom. The zero-order valence-electron chi connectivity index (χ0n) is 30.9. The third-order valence-corrected chi connectivity index (χ3v) is 11.7. The summed E-state index contributed by atoms with van der Waals surface area (Å²) in [6.07, 6.45) is 0. The molecule has 0 bridgehead atoms. The average molecular weight is 727 g/mol. The van der Waals surface area contributed by atoms with Gasteiger partial charge in [-0.05, 0) is 118 Å². The van der Waals surface area contributed by atoms with Gasteiger partial charge in [-0.25, -0.2) is 0 Å². The lowest BCUT2D eigenvalue weighted by Crippen LogP contribution is -1.94. The molecule has 0 spiro atoms. The summed E-state index contributed by atoms with van der Waals surface area (Å²) in [5.74, 6) is 0. The van der Waals surface area contributed by atoms with E-state index in [0.717, 1.165) is 33.3 Å². The van der Waals surface area contributed by atoms with E-state index in [1.807, 2.05) is 12.1 Å². The summed E-state index contributed by atoms with van der Waals surface area (Å²) in [5.41, 5.74) is 16.0. The molecule has 3 heterocycles. The van der Waals surface area contributed by atoms with Gasteiger partial charge in [0.05, 0.1) is 22.1 Å². The lowest BCUT2D eigenvalue weighted by atomic mass is 9.98. The van der Waals surface area contributed by atoms with Crippen LogP contribution in [-0.2, 0) is 0 Å². The quantitative estimate of drug-likeness (QED) is 0.173. The molecule has 0 saturated heterocycles. The Kier molecular flexibility index (Phi) is 6.93. The molecular weight excluding hydrogens is 693 g/mol. The number of hydrogen-bond donors (Lipinski definition) is 0. The number of para-hydroxylation sites is 3. The Labute approximate surface area is 328 Å². The van der Waals surface area contributed by atoms with Gasteiger partial charge in [-0.1, -0.05) is 121 Å². The van der Waals surface area contributed by atoms with Gasteiger partial charge < -0.3 is 13.6 Å². The molecule has 12 aromatic rings. The van der Waals surface area contributed by atoms with Crippen molar-refractivity contribution in [2.24, 2.45) is 0 Å². The molecule has 0 unspecified atom stereocenters. The molecule has 0 aliphatic rings. The van der Waals surface area contributed by atoms with Crippen LogP contribution in [0.2, 0.25) is 0 Å². The van der Waals surface area contributed by atoms with Gasteiger partial charge in [0.25, 0.3) is 0 Å². The van der Waals surface area contributed by atoms with Crippen molar-refractivity contribution in [2.45, 2.75) is 0 Å².